The third-order valence-electron chi connectivity index (χ3n) is 3.47. The SMILES string of the molecule is CC1OCCC1(C)NC(=O)c1ccc(I)c(Cl)c1. The van der Waals surface area contributed by atoms with Crippen molar-refractivity contribution in [3.63, 3.8) is 0 Å². The fraction of sp³-hybridized carbons (Fsp3) is 0.462. The van der Waals surface area contributed by atoms with Crippen LogP contribution in [0.3, 0.4) is 0 Å². The maximum absolute atomic E-state index is 12.2. The van der Waals surface area contributed by atoms with Gasteiger partial charge in [-0.1, -0.05) is 11.6 Å². The second-order valence-corrected chi connectivity index (χ2v) is 6.33. The van der Waals surface area contributed by atoms with Crippen molar-refractivity contribution in [1.29, 1.82) is 0 Å². The van der Waals surface area contributed by atoms with Crippen LogP contribution in [0.4, 0.5) is 0 Å². The van der Waals surface area contributed by atoms with Gasteiger partial charge >= 0.3 is 0 Å². The first-order valence-corrected chi connectivity index (χ1v) is 7.27. The molecule has 0 radical (unpaired) electrons. The summed E-state index contributed by atoms with van der Waals surface area (Å²) in [6, 6.07) is 5.32. The molecule has 1 aliphatic rings. The van der Waals surface area contributed by atoms with E-state index in [2.05, 4.69) is 27.9 Å². The van der Waals surface area contributed by atoms with Crippen LogP contribution in [0, 0.1) is 3.57 Å². The van der Waals surface area contributed by atoms with Gasteiger partial charge in [0.15, 0.2) is 0 Å². The summed E-state index contributed by atoms with van der Waals surface area (Å²) in [6.07, 6.45) is 0.860. The Labute approximate surface area is 125 Å². The molecule has 0 aliphatic carbocycles. The number of halogens is 2. The zero-order chi connectivity index (χ0) is 13.3. The maximum Gasteiger partial charge on any atom is 0.251 e. The molecular weight excluding hydrogens is 365 g/mol. The van der Waals surface area contributed by atoms with E-state index >= 15 is 0 Å². The Morgan fingerprint density at radius 1 is 1.61 bits per heavy atom. The van der Waals surface area contributed by atoms with Gasteiger partial charge in [-0.05, 0) is 61.1 Å². The predicted molar refractivity (Wildman–Crippen MR) is 80.1 cm³/mol. The molecule has 2 unspecified atom stereocenters. The van der Waals surface area contributed by atoms with Gasteiger partial charge in [0.05, 0.1) is 16.7 Å². The minimum atomic E-state index is -0.299. The Hall–Kier alpha value is -0.330. The molecule has 1 saturated heterocycles. The molecule has 3 nitrogen and oxygen atoms in total. The van der Waals surface area contributed by atoms with E-state index in [0.29, 0.717) is 17.2 Å². The highest BCUT2D eigenvalue weighted by Crippen LogP contribution is 2.26. The topological polar surface area (TPSA) is 38.3 Å². The average molecular weight is 380 g/mol. The molecule has 1 aliphatic heterocycles. The molecule has 0 spiro atoms. The largest absolute Gasteiger partial charge is 0.376 e. The van der Waals surface area contributed by atoms with Crippen molar-refractivity contribution < 1.29 is 9.53 Å². The summed E-state index contributed by atoms with van der Waals surface area (Å²) in [6.45, 7) is 4.68. The summed E-state index contributed by atoms with van der Waals surface area (Å²) in [7, 11) is 0. The number of hydrogen-bond donors (Lipinski definition) is 1. The Bertz CT molecular complexity index is 480. The zero-order valence-electron chi connectivity index (χ0n) is 10.3. The molecule has 18 heavy (non-hydrogen) atoms. The van der Waals surface area contributed by atoms with E-state index in [1.165, 1.54) is 0 Å². The Morgan fingerprint density at radius 2 is 2.33 bits per heavy atom. The lowest BCUT2D eigenvalue weighted by molar-refractivity contribution is 0.0727. The average Bonchev–Trinajstić information content (AvgIpc) is 2.63. The molecule has 0 bridgehead atoms. The predicted octanol–water partition coefficient (Wildman–Crippen LogP) is 3.24. The van der Waals surface area contributed by atoms with Gasteiger partial charge in [0.1, 0.15) is 0 Å². The van der Waals surface area contributed by atoms with E-state index in [4.69, 9.17) is 16.3 Å². The van der Waals surface area contributed by atoms with Crippen LogP contribution >= 0.6 is 34.2 Å². The number of carbonyl (C=O) groups excluding carboxylic acids is 1. The van der Waals surface area contributed by atoms with Crippen LogP contribution in [-0.4, -0.2) is 24.2 Å². The Morgan fingerprint density at radius 3 is 2.89 bits per heavy atom. The van der Waals surface area contributed by atoms with Gasteiger partial charge in [-0.2, -0.15) is 0 Å². The molecule has 1 amide bonds. The summed E-state index contributed by atoms with van der Waals surface area (Å²) in [4.78, 5) is 12.2. The van der Waals surface area contributed by atoms with E-state index in [1.807, 2.05) is 19.9 Å². The third kappa shape index (κ3) is 2.81. The lowest BCUT2D eigenvalue weighted by Crippen LogP contribution is -2.50. The highest BCUT2D eigenvalue weighted by Gasteiger charge is 2.38. The highest BCUT2D eigenvalue weighted by atomic mass is 127. The van der Waals surface area contributed by atoms with Crippen molar-refractivity contribution in [2.24, 2.45) is 0 Å². The lowest BCUT2D eigenvalue weighted by atomic mass is 9.94. The van der Waals surface area contributed by atoms with Crippen molar-refractivity contribution >= 4 is 40.1 Å². The normalized spacial score (nSPS) is 27.2. The summed E-state index contributed by atoms with van der Waals surface area (Å²) >= 11 is 8.16. The van der Waals surface area contributed by atoms with Crippen LogP contribution in [-0.2, 0) is 4.74 Å². The van der Waals surface area contributed by atoms with E-state index in [0.717, 1.165) is 9.99 Å². The fourth-order valence-corrected chi connectivity index (χ4v) is 2.48. The molecule has 5 heteroatoms. The van der Waals surface area contributed by atoms with Gasteiger partial charge in [0.25, 0.3) is 5.91 Å². The summed E-state index contributed by atoms with van der Waals surface area (Å²) in [5.41, 5.74) is 0.285. The van der Waals surface area contributed by atoms with Gasteiger partial charge in [-0.3, -0.25) is 4.79 Å². The van der Waals surface area contributed by atoms with Crippen molar-refractivity contribution in [3.05, 3.63) is 32.4 Å². The van der Waals surface area contributed by atoms with Gasteiger partial charge in [0, 0.05) is 15.7 Å². The first-order valence-electron chi connectivity index (χ1n) is 5.81. The van der Waals surface area contributed by atoms with Crippen LogP contribution in [0.5, 0.6) is 0 Å². The molecule has 0 saturated carbocycles. The third-order valence-corrected chi connectivity index (χ3v) is 5.04. The lowest BCUT2D eigenvalue weighted by Gasteiger charge is -2.28. The molecular formula is C13H15ClINO2. The second kappa shape index (κ2) is 5.35. The Kier molecular flexibility index (Phi) is 4.18. The molecule has 1 N–H and O–H groups in total. The monoisotopic (exact) mass is 379 g/mol. The highest BCUT2D eigenvalue weighted by molar-refractivity contribution is 14.1. The number of benzene rings is 1. The second-order valence-electron chi connectivity index (χ2n) is 4.76. The quantitative estimate of drug-likeness (QED) is 0.801. The van der Waals surface area contributed by atoms with Crippen LogP contribution in [0.15, 0.2) is 18.2 Å². The van der Waals surface area contributed by atoms with Gasteiger partial charge in [0.2, 0.25) is 0 Å². The number of nitrogens with one attached hydrogen (secondary N) is 1. The van der Waals surface area contributed by atoms with Crippen LogP contribution in [0.2, 0.25) is 5.02 Å². The minimum Gasteiger partial charge on any atom is -0.376 e. The fourth-order valence-electron chi connectivity index (χ4n) is 1.97. The molecule has 0 aromatic heterocycles. The Balaban J connectivity index is 2.14. The standard InChI is InChI=1S/C13H15ClINO2/c1-8-13(2,5-6-18-8)16-12(17)9-3-4-11(15)10(14)7-9/h3-4,7-8H,5-6H2,1-2H3,(H,16,17). The van der Waals surface area contributed by atoms with Crippen molar-refractivity contribution in [3.8, 4) is 0 Å². The molecule has 98 valence electrons. The first kappa shape index (κ1) is 14.1. The summed E-state index contributed by atoms with van der Waals surface area (Å²) in [5.74, 6) is -0.104. The van der Waals surface area contributed by atoms with Crippen LogP contribution in [0.25, 0.3) is 0 Å². The van der Waals surface area contributed by atoms with Gasteiger partial charge < -0.3 is 10.1 Å². The van der Waals surface area contributed by atoms with Crippen LogP contribution < -0.4 is 5.32 Å². The van der Waals surface area contributed by atoms with E-state index < -0.39 is 0 Å². The number of hydrogen-bond acceptors (Lipinski definition) is 2. The molecule has 1 heterocycles. The van der Waals surface area contributed by atoms with E-state index in [1.54, 1.807) is 12.1 Å². The van der Waals surface area contributed by atoms with Crippen molar-refractivity contribution in [2.45, 2.75) is 31.9 Å². The number of rotatable bonds is 2. The maximum atomic E-state index is 12.2. The van der Waals surface area contributed by atoms with Crippen molar-refractivity contribution in [1.82, 2.24) is 5.32 Å². The van der Waals surface area contributed by atoms with Gasteiger partial charge in [-0.15, -0.1) is 0 Å². The van der Waals surface area contributed by atoms with Crippen LogP contribution in [0.1, 0.15) is 30.6 Å². The number of amides is 1. The zero-order valence-corrected chi connectivity index (χ0v) is 13.2. The van der Waals surface area contributed by atoms with Gasteiger partial charge in [-0.25, -0.2) is 0 Å². The van der Waals surface area contributed by atoms with Crippen molar-refractivity contribution in [2.75, 3.05) is 6.61 Å². The first-order chi connectivity index (χ1) is 8.42. The smallest absolute Gasteiger partial charge is 0.251 e. The molecule has 2 rings (SSSR count). The molecule has 2 atom stereocenters. The molecule has 1 aromatic carbocycles. The minimum absolute atomic E-state index is 0.0285. The molecule has 1 aromatic rings. The number of carbonyl (C=O) groups is 1. The summed E-state index contributed by atoms with van der Waals surface area (Å²) < 4.78 is 6.45. The van der Waals surface area contributed by atoms with E-state index in [-0.39, 0.29) is 17.6 Å². The van der Waals surface area contributed by atoms with E-state index in [9.17, 15) is 4.79 Å². The molecule has 1 fully saturated rings. The number of ether oxygens (including phenoxy) is 1. The summed E-state index contributed by atoms with van der Waals surface area (Å²) in [5, 5.41) is 3.64.